The molecule has 1 atom stereocenters. The maximum Gasteiger partial charge on any atom is 0.269 e. The summed E-state index contributed by atoms with van der Waals surface area (Å²) in [5.41, 5.74) is 0.935. The van der Waals surface area contributed by atoms with Crippen molar-refractivity contribution in [2.24, 2.45) is 0 Å². The minimum Gasteiger partial charge on any atom is -0.497 e. The van der Waals surface area contributed by atoms with Gasteiger partial charge in [-0.3, -0.25) is 19.7 Å². The van der Waals surface area contributed by atoms with Gasteiger partial charge in [0.25, 0.3) is 5.69 Å². The minimum atomic E-state index is -1.06. The summed E-state index contributed by atoms with van der Waals surface area (Å²) in [5.74, 6) is -1.27. The molecule has 2 aromatic rings. The molecule has 164 valence electrons. The van der Waals surface area contributed by atoms with Crippen molar-refractivity contribution in [1.29, 1.82) is 0 Å². The number of carbonyl (C=O) groups is 2. The molecule has 1 aliphatic carbocycles. The molecule has 2 amide bonds. The number of nitrogens with zero attached hydrogens (tertiary/aromatic N) is 2. The molecule has 1 aliphatic rings. The molecule has 1 saturated carbocycles. The Hall–Kier alpha value is -3.42. The topological polar surface area (TPSA) is 102 Å². The van der Waals surface area contributed by atoms with Gasteiger partial charge in [0.2, 0.25) is 11.8 Å². The number of likely N-dealkylation sites (N-methyl/N-ethyl adjacent to an activating group) is 1. The lowest BCUT2D eigenvalue weighted by Gasteiger charge is -2.28. The number of hydrogen-bond acceptors (Lipinski definition) is 5. The lowest BCUT2D eigenvalue weighted by atomic mass is 9.92. The van der Waals surface area contributed by atoms with Gasteiger partial charge in [-0.05, 0) is 42.7 Å². The fraction of sp³-hybridized carbons (Fsp3) is 0.391. The van der Waals surface area contributed by atoms with E-state index in [9.17, 15) is 19.7 Å². The highest BCUT2D eigenvalue weighted by atomic mass is 16.6. The second-order valence-electron chi connectivity index (χ2n) is 7.72. The molecule has 0 aromatic heterocycles. The molecule has 0 heterocycles. The minimum absolute atomic E-state index is 0.0619. The largest absolute Gasteiger partial charge is 0.497 e. The smallest absolute Gasteiger partial charge is 0.269 e. The summed E-state index contributed by atoms with van der Waals surface area (Å²) in [5, 5.41) is 14.0. The van der Waals surface area contributed by atoms with Crippen LogP contribution >= 0.6 is 0 Å². The number of ether oxygens (including phenoxy) is 1. The summed E-state index contributed by atoms with van der Waals surface area (Å²) in [6.07, 6.45) is 5.09. The van der Waals surface area contributed by atoms with E-state index in [1.54, 1.807) is 31.3 Å². The first-order valence-electron chi connectivity index (χ1n) is 10.4. The Balaban J connectivity index is 1.88. The molecule has 0 spiro atoms. The zero-order valence-corrected chi connectivity index (χ0v) is 17.7. The van der Waals surface area contributed by atoms with E-state index in [-0.39, 0.29) is 17.6 Å². The maximum atomic E-state index is 13.4. The molecule has 0 saturated heterocycles. The van der Waals surface area contributed by atoms with Crippen molar-refractivity contribution >= 4 is 23.2 Å². The molecular formula is C23H27N3O5. The van der Waals surface area contributed by atoms with Gasteiger partial charge >= 0.3 is 0 Å². The Morgan fingerprint density at radius 3 is 2.42 bits per heavy atom. The number of benzene rings is 2. The SMILES string of the molecule is COc1cccc(C(C(=O)NC2CCCCC2)C(=O)N(C)c2ccc([N+](=O)[O-])cc2)c1. The quantitative estimate of drug-likeness (QED) is 0.413. The van der Waals surface area contributed by atoms with E-state index in [0.717, 1.165) is 32.1 Å². The third-order valence-electron chi connectivity index (χ3n) is 5.67. The fourth-order valence-electron chi connectivity index (χ4n) is 3.88. The monoisotopic (exact) mass is 425 g/mol. The van der Waals surface area contributed by atoms with Gasteiger partial charge in [0.05, 0.1) is 12.0 Å². The number of nitro benzene ring substituents is 1. The van der Waals surface area contributed by atoms with Crippen LogP contribution in [0.25, 0.3) is 0 Å². The van der Waals surface area contributed by atoms with Gasteiger partial charge in [-0.15, -0.1) is 0 Å². The number of methoxy groups -OCH3 is 1. The summed E-state index contributed by atoms with van der Waals surface area (Å²) in [6.45, 7) is 0. The Morgan fingerprint density at radius 1 is 1.13 bits per heavy atom. The van der Waals surface area contributed by atoms with Crippen LogP contribution in [0.4, 0.5) is 11.4 Å². The van der Waals surface area contributed by atoms with Crippen molar-refractivity contribution in [3.8, 4) is 5.75 Å². The number of anilines is 1. The number of nitro groups is 1. The molecule has 8 nitrogen and oxygen atoms in total. The van der Waals surface area contributed by atoms with E-state index in [4.69, 9.17) is 4.74 Å². The predicted molar refractivity (Wildman–Crippen MR) is 117 cm³/mol. The molecule has 1 fully saturated rings. The van der Waals surface area contributed by atoms with Crippen molar-refractivity contribution in [3.63, 3.8) is 0 Å². The molecule has 1 N–H and O–H groups in total. The van der Waals surface area contributed by atoms with Gasteiger partial charge in [-0.1, -0.05) is 31.4 Å². The van der Waals surface area contributed by atoms with E-state index < -0.39 is 16.7 Å². The summed E-state index contributed by atoms with van der Waals surface area (Å²) in [4.78, 5) is 38.4. The van der Waals surface area contributed by atoms with Crippen LogP contribution in [0.3, 0.4) is 0 Å². The number of hydrogen-bond donors (Lipinski definition) is 1. The number of amides is 2. The van der Waals surface area contributed by atoms with E-state index in [2.05, 4.69) is 5.32 Å². The zero-order chi connectivity index (χ0) is 22.4. The number of nitrogens with one attached hydrogen (secondary N) is 1. The van der Waals surface area contributed by atoms with Gasteiger partial charge in [-0.2, -0.15) is 0 Å². The number of carbonyl (C=O) groups excluding carboxylic acids is 2. The molecule has 0 radical (unpaired) electrons. The highest BCUT2D eigenvalue weighted by Crippen LogP contribution is 2.27. The van der Waals surface area contributed by atoms with Crippen LogP contribution < -0.4 is 15.0 Å². The summed E-state index contributed by atoms with van der Waals surface area (Å²) < 4.78 is 5.27. The maximum absolute atomic E-state index is 13.4. The third kappa shape index (κ3) is 5.39. The van der Waals surface area contributed by atoms with Crippen LogP contribution in [-0.4, -0.2) is 36.9 Å². The molecule has 2 aromatic carbocycles. The Labute approximate surface area is 181 Å². The molecule has 1 unspecified atom stereocenters. The van der Waals surface area contributed by atoms with Crippen LogP contribution in [0, 0.1) is 10.1 Å². The van der Waals surface area contributed by atoms with Crippen LogP contribution in [0.15, 0.2) is 48.5 Å². The Kier molecular flexibility index (Phi) is 7.23. The van der Waals surface area contributed by atoms with Gasteiger partial charge in [0.1, 0.15) is 11.7 Å². The first kappa shape index (κ1) is 22.3. The van der Waals surface area contributed by atoms with Crippen molar-refractivity contribution in [3.05, 3.63) is 64.2 Å². The van der Waals surface area contributed by atoms with Crippen LogP contribution in [0.5, 0.6) is 5.75 Å². The Bertz CT molecular complexity index is 938. The van der Waals surface area contributed by atoms with Gasteiger partial charge in [0, 0.05) is 30.9 Å². The van der Waals surface area contributed by atoms with Crippen LogP contribution in [0.1, 0.15) is 43.6 Å². The van der Waals surface area contributed by atoms with Crippen LogP contribution in [0.2, 0.25) is 0 Å². The van der Waals surface area contributed by atoms with Crippen molar-refractivity contribution in [2.45, 2.75) is 44.1 Å². The number of non-ortho nitro benzene ring substituents is 1. The first-order valence-corrected chi connectivity index (χ1v) is 10.4. The van der Waals surface area contributed by atoms with E-state index in [1.165, 1.54) is 36.3 Å². The second kappa shape index (κ2) is 10.1. The standard InChI is InChI=1S/C23H27N3O5/c1-25(18-11-13-19(14-12-18)26(29)30)23(28)21(16-7-6-10-20(15-16)31-2)22(27)24-17-8-4-3-5-9-17/h6-7,10-15,17,21H,3-5,8-9H2,1-2H3,(H,24,27). The van der Waals surface area contributed by atoms with Crippen molar-refractivity contribution in [1.82, 2.24) is 5.32 Å². The van der Waals surface area contributed by atoms with E-state index >= 15 is 0 Å². The molecule has 3 rings (SSSR count). The molecule has 0 aliphatic heterocycles. The highest BCUT2D eigenvalue weighted by molar-refractivity contribution is 6.12. The normalized spacial score (nSPS) is 15.0. The van der Waals surface area contributed by atoms with Gasteiger partial charge < -0.3 is 15.0 Å². The Morgan fingerprint density at radius 2 is 1.81 bits per heavy atom. The average Bonchev–Trinajstić information content (AvgIpc) is 2.79. The number of rotatable bonds is 7. The third-order valence-corrected chi connectivity index (χ3v) is 5.67. The molecular weight excluding hydrogens is 398 g/mol. The molecule has 8 heteroatoms. The van der Waals surface area contributed by atoms with Crippen LogP contribution in [-0.2, 0) is 9.59 Å². The molecule has 31 heavy (non-hydrogen) atoms. The van der Waals surface area contributed by atoms with Crippen molar-refractivity contribution in [2.75, 3.05) is 19.1 Å². The lowest BCUT2D eigenvalue weighted by Crippen LogP contribution is -2.45. The van der Waals surface area contributed by atoms with E-state index in [0.29, 0.717) is 17.0 Å². The molecule has 0 bridgehead atoms. The lowest BCUT2D eigenvalue weighted by molar-refractivity contribution is -0.384. The predicted octanol–water partition coefficient (Wildman–Crippen LogP) is 3.80. The second-order valence-corrected chi connectivity index (χ2v) is 7.72. The van der Waals surface area contributed by atoms with Gasteiger partial charge in [-0.25, -0.2) is 0 Å². The summed E-state index contributed by atoms with van der Waals surface area (Å²) in [7, 11) is 3.09. The zero-order valence-electron chi connectivity index (χ0n) is 17.7. The van der Waals surface area contributed by atoms with Gasteiger partial charge in [0.15, 0.2) is 0 Å². The summed E-state index contributed by atoms with van der Waals surface area (Å²) >= 11 is 0. The van der Waals surface area contributed by atoms with Crippen molar-refractivity contribution < 1.29 is 19.2 Å². The fourth-order valence-corrected chi connectivity index (χ4v) is 3.88. The van der Waals surface area contributed by atoms with E-state index in [1.807, 2.05) is 0 Å². The highest BCUT2D eigenvalue weighted by Gasteiger charge is 2.33. The first-order chi connectivity index (χ1) is 14.9. The average molecular weight is 425 g/mol. The summed E-state index contributed by atoms with van der Waals surface area (Å²) in [6, 6.07) is 12.6.